The third-order valence-electron chi connectivity index (χ3n) is 4.66. The molecule has 1 saturated heterocycles. The fourth-order valence-electron chi connectivity index (χ4n) is 3.14. The van der Waals surface area contributed by atoms with Crippen molar-refractivity contribution in [2.45, 2.75) is 16.0 Å². The van der Waals surface area contributed by atoms with Crippen LogP contribution in [0.15, 0.2) is 56.3 Å². The first-order chi connectivity index (χ1) is 15.0. The average molecular weight is 518 g/mol. The van der Waals surface area contributed by atoms with Crippen LogP contribution in [0.25, 0.3) is 0 Å². The molecule has 2 aromatic heterocycles. The number of nitrogens with one attached hydrogen (secondary N) is 2. The number of rotatable bonds is 6. The molecule has 0 radical (unpaired) electrons. The number of hydrogen-bond acceptors (Lipinski definition) is 8. The first-order valence-corrected chi connectivity index (χ1v) is 12.1. The van der Waals surface area contributed by atoms with E-state index < -0.39 is 0 Å². The zero-order valence-corrected chi connectivity index (χ0v) is 19.9. The minimum atomic E-state index is -0.0372. The summed E-state index contributed by atoms with van der Waals surface area (Å²) in [7, 11) is 0. The van der Waals surface area contributed by atoms with E-state index in [1.54, 1.807) is 18.3 Å². The predicted molar refractivity (Wildman–Crippen MR) is 127 cm³/mol. The van der Waals surface area contributed by atoms with Crippen LogP contribution in [-0.4, -0.2) is 52.7 Å². The lowest BCUT2D eigenvalue weighted by molar-refractivity contribution is 0.0735. The number of hydrogen-bond donors (Lipinski definition) is 2. The molecule has 1 aliphatic rings. The zero-order chi connectivity index (χ0) is 21.8. The molecule has 31 heavy (non-hydrogen) atoms. The monoisotopic (exact) mass is 517 g/mol. The maximum Gasteiger partial charge on any atom is 0.253 e. The molecule has 0 saturated carbocycles. The van der Waals surface area contributed by atoms with Gasteiger partial charge in [-0.05, 0) is 53.2 Å². The van der Waals surface area contributed by atoms with Crippen LogP contribution in [-0.2, 0) is 0 Å². The second-order valence-corrected chi connectivity index (χ2v) is 10.1. The lowest BCUT2D eigenvalue weighted by Gasteiger charge is -2.27. The SMILES string of the molecule is CC(=O)c1ccc(C(=O)N2CCNCC2)cc1Sc1cnc(Nc2cccc(Br)n2)s1. The molecule has 1 fully saturated rings. The number of benzene rings is 1. The van der Waals surface area contributed by atoms with E-state index >= 15 is 0 Å². The van der Waals surface area contributed by atoms with Gasteiger partial charge in [0.2, 0.25) is 0 Å². The van der Waals surface area contributed by atoms with Crippen LogP contribution in [0, 0.1) is 0 Å². The first kappa shape index (κ1) is 21.9. The fraction of sp³-hybridized carbons (Fsp3) is 0.238. The van der Waals surface area contributed by atoms with Crippen molar-refractivity contribution in [2.75, 3.05) is 31.5 Å². The van der Waals surface area contributed by atoms with E-state index in [9.17, 15) is 9.59 Å². The van der Waals surface area contributed by atoms with E-state index in [0.29, 0.717) is 35.2 Å². The van der Waals surface area contributed by atoms with Gasteiger partial charge in [-0.25, -0.2) is 9.97 Å². The van der Waals surface area contributed by atoms with Gasteiger partial charge in [-0.3, -0.25) is 9.59 Å². The number of halogens is 1. The summed E-state index contributed by atoms with van der Waals surface area (Å²) in [6.07, 6.45) is 1.75. The predicted octanol–water partition coefficient (Wildman–Crippen LogP) is 4.44. The number of Topliss-reactive ketones (excluding diaryl/α,β-unsaturated/α-hetero) is 1. The maximum absolute atomic E-state index is 12.9. The number of carbonyl (C=O) groups excluding carboxylic acids is 2. The van der Waals surface area contributed by atoms with Gasteiger partial charge in [-0.1, -0.05) is 29.2 Å². The number of pyridine rings is 1. The van der Waals surface area contributed by atoms with E-state index in [1.807, 2.05) is 29.2 Å². The normalized spacial score (nSPS) is 13.8. The maximum atomic E-state index is 12.9. The highest BCUT2D eigenvalue weighted by atomic mass is 79.9. The molecule has 1 aliphatic heterocycles. The Kier molecular flexibility index (Phi) is 7.01. The van der Waals surface area contributed by atoms with Gasteiger partial charge in [0.25, 0.3) is 5.91 Å². The minimum Gasteiger partial charge on any atom is -0.336 e. The smallest absolute Gasteiger partial charge is 0.253 e. The summed E-state index contributed by atoms with van der Waals surface area (Å²) < 4.78 is 1.65. The Labute approximate surface area is 196 Å². The van der Waals surface area contributed by atoms with Crippen LogP contribution < -0.4 is 10.6 Å². The van der Waals surface area contributed by atoms with Gasteiger partial charge >= 0.3 is 0 Å². The Morgan fingerprint density at radius 3 is 2.77 bits per heavy atom. The number of piperazine rings is 1. The molecule has 0 spiro atoms. The van der Waals surface area contributed by atoms with Gasteiger partial charge < -0.3 is 15.5 Å². The van der Waals surface area contributed by atoms with Gasteiger partial charge in [-0.15, -0.1) is 0 Å². The van der Waals surface area contributed by atoms with Crippen molar-refractivity contribution in [1.29, 1.82) is 0 Å². The highest BCUT2D eigenvalue weighted by molar-refractivity contribution is 9.10. The molecule has 1 amide bonds. The number of amides is 1. The zero-order valence-electron chi connectivity index (χ0n) is 16.7. The quantitative estimate of drug-likeness (QED) is 0.369. The Balaban J connectivity index is 1.54. The molecule has 3 heterocycles. The highest BCUT2D eigenvalue weighted by Crippen LogP contribution is 2.37. The highest BCUT2D eigenvalue weighted by Gasteiger charge is 2.20. The van der Waals surface area contributed by atoms with Crippen LogP contribution in [0.2, 0.25) is 0 Å². The van der Waals surface area contributed by atoms with Crippen LogP contribution in [0.1, 0.15) is 27.6 Å². The molecular weight excluding hydrogens is 498 g/mol. The molecule has 2 N–H and O–H groups in total. The van der Waals surface area contributed by atoms with Gasteiger partial charge in [0.05, 0.1) is 10.4 Å². The first-order valence-electron chi connectivity index (χ1n) is 9.68. The summed E-state index contributed by atoms with van der Waals surface area (Å²) in [6, 6.07) is 10.9. The van der Waals surface area contributed by atoms with Crippen LogP contribution in [0.5, 0.6) is 0 Å². The van der Waals surface area contributed by atoms with Crippen molar-refractivity contribution in [1.82, 2.24) is 20.2 Å². The largest absolute Gasteiger partial charge is 0.336 e. The number of thiazole rings is 1. The second-order valence-electron chi connectivity index (χ2n) is 6.87. The minimum absolute atomic E-state index is 0.00848. The Bertz CT molecular complexity index is 1110. The number of carbonyl (C=O) groups is 2. The Morgan fingerprint density at radius 1 is 1.23 bits per heavy atom. The fourth-order valence-corrected chi connectivity index (χ4v) is 5.54. The standard InChI is InChI=1S/C21H20BrN5O2S2/c1-13(28)15-6-5-14(20(29)27-9-7-23-8-10-27)11-16(15)30-19-12-24-21(31-19)26-18-4-2-3-17(22)25-18/h2-6,11-12,23H,7-10H2,1H3,(H,24,25,26). The molecule has 7 nitrogen and oxygen atoms in total. The molecule has 10 heteroatoms. The molecule has 3 aromatic rings. The van der Waals surface area contributed by atoms with Gasteiger partial charge in [-0.2, -0.15) is 0 Å². The molecule has 4 rings (SSSR count). The van der Waals surface area contributed by atoms with Crippen molar-refractivity contribution in [3.63, 3.8) is 0 Å². The van der Waals surface area contributed by atoms with Gasteiger partial charge in [0.1, 0.15) is 10.4 Å². The summed E-state index contributed by atoms with van der Waals surface area (Å²) in [6.45, 7) is 4.49. The molecule has 0 atom stereocenters. The van der Waals surface area contributed by atoms with Gasteiger partial charge in [0.15, 0.2) is 10.9 Å². The summed E-state index contributed by atoms with van der Waals surface area (Å²) in [5.41, 5.74) is 1.19. The molecule has 0 unspecified atom stereocenters. The number of nitrogens with zero attached hydrogens (tertiary/aromatic N) is 3. The van der Waals surface area contributed by atoms with Crippen molar-refractivity contribution in [3.8, 4) is 0 Å². The lowest BCUT2D eigenvalue weighted by atomic mass is 10.1. The van der Waals surface area contributed by atoms with Crippen molar-refractivity contribution in [3.05, 3.63) is 58.3 Å². The number of ketones is 1. The average Bonchev–Trinajstić information content (AvgIpc) is 3.20. The second kappa shape index (κ2) is 9.90. The summed E-state index contributed by atoms with van der Waals surface area (Å²) in [5, 5.41) is 7.13. The third kappa shape index (κ3) is 5.51. The Morgan fingerprint density at radius 2 is 2.03 bits per heavy atom. The van der Waals surface area contributed by atoms with Crippen molar-refractivity contribution in [2.24, 2.45) is 0 Å². The molecule has 0 bridgehead atoms. The van der Waals surface area contributed by atoms with Crippen LogP contribution >= 0.6 is 39.0 Å². The Hall–Kier alpha value is -2.27. The van der Waals surface area contributed by atoms with Crippen LogP contribution in [0.4, 0.5) is 10.9 Å². The van der Waals surface area contributed by atoms with E-state index in [1.165, 1.54) is 30.0 Å². The molecule has 160 valence electrons. The third-order valence-corrected chi connectivity index (χ3v) is 7.17. The van der Waals surface area contributed by atoms with E-state index in [-0.39, 0.29) is 11.7 Å². The summed E-state index contributed by atoms with van der Waals surface area (Å²) in [4.78, 5) is 36.4. The summed E-state index contributed by atoms with van der Waals surface area (Å²) in [5.74, 6) is 0.643. The lowest BCUT2D eigenvalue weighted by Crippen LogP contribution is -2.46. The van der Waals surface area contributed by atoms with Gasteiger partial charge in [0, 0.05) is 42.2 Å². The van der Waals surface area contributed by atoms with Crippen LogP contribution in [0.3, 0.4) is 0 Å². The van der Waals surface area contributed by atoms with E-state index in [0.717, 1.165) is 26.8 Å². The topological polar surface area (TPSA) is 87.2 Å². The number of aromatic nitrogens is 2. The van der Waals surface area contributed by atoms with E-state index in [4.69, 9.17) is 0 Å². The van der Waals surface area contributed by atoms with Crippen molar-refractivity contribution >= 4 is 61.7 Å². The molecule has 0 aliphatic carbocycles. The summed E-state index contributed by atoms with van der Waals surface area (Å²) >= 11 is 6.25. The molecule has 1 aromatic carbocycles. The van der Waals surface area contributed by atoms with E-state index in [2.05, 4.69) is 36.5 Å². The number of anilines is 2. The molecular formula is C21H20BrN5O2S2. The van der Waals surface area contributed by atoms with Crippen molar-refractivity contribution < 1.29 is 9.59 Å².